The number of H-pyrrole nitrogens is 1. The monoisotopic (exact) mass is 211 g/mol. The molecule has 0 aliphatic heterocycles. The van der Waals surface area contributed by atoms with E-state index in [9.17, 15) is 4.79 Å². The maximum atomic E-state index is 10.4. The molecule has 3 N–H and O–H groups in total. The summed E-state index contributed by atoms with van der Waals surface area (Å²) in [5.41, 5.74) is 0. The molecule has 1 aliphatic rings. The van der Waals surface area contributed by atoms with Crippen LogP contribution in [-0.4, -0.2) is 37.9 Å². The third-order valence-electron chi connectivity index (χ3n) is 2.80. The first-order valence-electron chi connectivity index (χ1n) is 4.99. The van der Waals surface area contributed by atoms with Crippen LogP contribution in [0.25, 0.3) is 0 Å². The molecule has 0 aromatic carbocycles. The van der Waals surface area contributed by atoms with Gasteiger partial charge in [-0.3, -0.25) is 0 Å². The minimum absolute atomic E-state index is 0.0784. The smallest absolute Gasteiger partial charge is 0.404 e. The minimum atomic E-state index is -0.945. The van der Waals surface area contributed by atoms with E-state index in [0.717, 1.165) is 31.5 Å². The Labute approximate surface area is 86.3 Å². The molecule has 1 aromatic rings. The van der Waals surface area contributed by atoms with E-state index in [4.69, 9.17) is 5.11 Å². The Bertz CT molecular complexity index is 318. The molecule has 7 nitrogen and oxygen atoms in total. The lowest BCUT2D eigenvalue weighted by Gasteiger charge is -2.26. The Morgan fingerprint density at radius 3 is 2.67 bits per heavy atom. The van der Waals surface area contributed by atoms with Crippen LogP contribution in [0, 0.1) is 0 Å². The van der Waals surface area contributed by atoms with Crippen LogP contribution >= 0.6 is 0 Å². The number of nitrogens with zero attached hydrogens (tertiary/aromatic N) is 3. The largest absolute Gasteiger partial charge is 0.465 e. The standard InChI is InChI=1S/C8H13N5O2/c14-8(15)9-6-3-1-5(2-4-6)7-10-12-13-11-7/h5-6,9H,1-4H2,(H,14,15)(H,10,11,12,13)/t5-,6-. The third kappa shape index (κ3) is 2.42. The predicted octanol–water partition coefficient (Wildman–Crippen LogP) is 0.493. The van der Waals surface area contributed by atoms with Gasteiger partial charge in [0.25, 0.3) is 0 Å². The Morgan fingerprint density at radius 1 is 1.40 bits per heavy atom. The zero-order chi connectivity index (χ0) is 10.7. The molecule has 1 saturated carbocycles. The number of aromatic amines is 1. The zero-order valence-corrected chi connectivity index (χ0v) is 8.18. The van der Waals surface area contributed by atoms with Crippen LogP contribution in [0.1, 0.15) is 37.4 Å². The summed E-state index contributed by atoms with van der Waals surface area (Å²) in [6.45, 7) is 0. The molecule has 1 aromatic heterocycles. The predicted molar refractivity (Wildman–Crippen MR) is 50.3 cm³/mol. The lowest BCUT2D eigenvalue weighted by Crippen LogP contribution is -2.36. The molecule has 1 heterocycles. The van der Waals surface area contributed by atoms with Gasteiger partial charge >= 0.3 is 6.09 Å². The molecule has 0 unspecified atom stereocenters. The molecule has 1 aliphatic carbocycles. The Balaban J connectivity index is 1.84. The van der Waals surface area contributed by atoms with Crippen molar-refractivity contribution >= 4 is 6.09 Å². The van der Waals surface area contributed by atoms with Crippen molar-refractivity contribution < 1.29 is 9.90 Å². The number of tetrazole rings is 1. The summed E-state index contributed by atoms with van der Waals surface area (Å²) in [4.78, 5) is 10.4. The molecule has 82 valence electrons. The SMILES string of the molecule is O=C(O)N[C@H]1CC[C@H](c2nnn[nH]2)CC1. The highest BCUT2D eigenvalue weighted by Crippen LogP contribution is 2.30. The fourth-order valence-corrected chi connectivity index (χ4v) is 2.03. The number of carbonyl (C=O) groups is 1. The first-order chi connectivity index (χ1) is 7.25. The topological polar surface area (TPSA) is 104 Å². The highest BCUT2D eigenvalue weighted by atomic mass is 16.4. The number of rotatable bonds is 2. The second-order valence-electron chi connectivity index (χ2n) is 3.78. The van der Waals surface area contributed by atoms with Gasteiger partial charge in [-0.1, -0.05) is 0 Å². The van der Waals surface area contributed by atoms with Gasteiger partial charge in [-0.2, -0.15) is 0 Å². The van der Waals surface area contributed by atoms with Crippen molar-refractivity contribution in [1.29, 1.82) is 0 Å². The van der Waals surface area contributed by atoms with Gasteiger partial charge in [0.1, 0.15) is 0 Å². The van der Waals surface area contributed by atoms with Crippen LogP contribution < -0.4 is 5.32 Å². The van der Waals surface area contributed by atoms with Crippen molar-refractivity contribution in [1.82, 2.24) is 25.9 Å². The van der Waals surface area contributed by atoms with Crippen LogP contribution in [0.3, 0.4) is 0 Å². The van der Waals surface area contributed by atoms with E-state index in [1.54, 1.807) is 0 Å². The summed E-state index contributed by atoms with van der Waals surface area (Å²) in [6, 6.07) is 0.0784. The van der Waals surface area contributed by atoms with Gasteiger partial charge < -0.3 is 10.4 Å². The van der Waals surface area contributed by atoms with E-state index in [-0.39, 0.29) is 6.04 Å². The van der Waals surface area contributed by atoms with Crippen molar-refractivity contribution in [3.05, 3.63) is 5.82 Å². The molecule has 15 heavy (non-hydrogen) atoms. The van der Waals surface area contributed by atoms with Gasteiger partial charge in [0.2, 0.25) is 0 Å². The highest BCUT2D eigenvalue weighted by Gasteiger charge is 2.25. The fraction of sp³-hybridized carbons (Fsp3) is 0.750. The lowest BCUT2D eigenvalue weighted by atomic mass is 9.86. The molecule has 0 saturated heterocycles. The average Bonchev–Trinajstić information content (AvgIpc) is 2.71. The molecule has 0 atom stereocenters. The quantitative estimate of drug-likeness (QED) is 0.660. The van der Waals surface area contributed by atoms with Gasteiger partial charge in [0.05, 0.1) is 0 Å². The van der Waals surface area contributed by atoms with Crippen LogP contribution in [0.5, 0.6) is 0 Å². The van der Waals surface area contributed by atoms with Crippen LogP contribution in [-0.2, 0) is 0 Å². The van der Waals surface area contributed by atoms with Crippen molar-refractivity contribution in [2.45, 2.75) is 37.6 Å². The first-order valence-corrected chi connectivity index (χ1v) is 4.99. The number of aromatic nitrogens is 4. The van der Waals surface area contributed by atoms with Crippen LogP contribution in [0.2, 0.25) is 0 Å². The second-order valence-corrected chi connectivity index (χ2v) is 3.78. The molecular formula is C8H13N5O2. The minimum Gasteiger partial charge on any atom is -0.465 e. The van der Waals surface area contributed by atoms with Gasteiger partial charge in [-0.25, -0.2) is 9.89 Å². The van der Waals surface area contributed by atoms with E-state index in [2.05, 4.69) is 25.9 Å². The molecule has 0 bridgehead atoms. The Kier molecular flexibility index (Phi) is 2.79. The summed E-state index contributed by atoms with van der Waals surface area (Å²) >= 11 is 0. The Hall–Kier alpha value is -1.66. The van der Waals surface area contributed by atoms with Crippen molar-refractivity contribution in [2.75, 3.05) is 0 Å². The van der Waals surface area contributed by atoms with Gasteiger partial charge in [-0.15, -0.1) is 5.10 Å². The van der Waals surface area contributed by atoms with Crippen molar-refractivity contribution in [3.63, 3.8) is 0 Å². The number of nitrogens with one attached hydrogen (secondary N) is 2. The summed E-state index contributed by atoms with van der Waals surface area (Å²) in [7, 11) is 0. The van der Waals surface area contributed by atoms with Gasteiger partial charge in [0, 0.05) is 12.0 Å². The molecule has 0 radical (unpaired) electrons. The van der Waals surface area contributed by atoms with Crippen molar-refractivity contribution in [2.24, 2.45) is 0 Å². The van der Waals surface area contributed by atoms with Crippen LogP contribution in [0.4, 0.5) is 4.79 Å². The van der Waals surface area contributed by atoms with Gasteiger partial charge in [0.15, 0.2) is 5.82 Å². The molecule has 7 heteroatoms. The normalized spacial score (nSPS) is 26.1. The van der Waals surface area contributed by atoms with E-state index in [1.165, 1.54) is 0 Å². The fourth-order valence-electron chi connectivity index (χ4n) is 2.03. The number of hydrogen-bond acceptors (Lipinski definition) is 4. The van der Waals surface area contributed by atoms with Crippen molar-refractivity contribution in [3.8, 4) is 0 Å². The third-order valence-corrected chi connectivity index (χ3v) is 2.80. The molecule has 0 spiro atoms. The van der Waals surface area contributed by atoms with E-state index < -0.39 is 6.09 Å². The maximum Gasteiger partial charge on any atom is 0.404 e. The second kappa shape index (κ2) is 4.24. The molecule has 1 amide bonds. The average molecular weight is 211 g/mol. The summed E-state index contributed by atoms with van der Waals surface area (Å²) in [5.74, 6) is 1.15. The first kappa shape index (κ1) is 9.88. The molecule has 1 fully saturated rings. The van der Waals surface area contributed by atoms with Crippen LogP contribution in [0.15, 0.2) is 0 Å². The zero-order valence-electron chi connectivity index (χ0n) is 8.18. The molecular weight excluding hydrogens is 198 g/mol. The summed E-state index contributed by atoms with van der Waals surface area (Å²) in [6.07, 6.45) is 2.58. The van der Waals surface area contributed by atoms with E-state index in [0.29, 0.717) is 5.92 Å². The maximum absolute atomic E-state index is 10.4. The summed E-state index contributed by atoms with van der Waals surface area (Å²) in [5, 5.41) is 24.8. The Morgan fingerprint density at radius 2 is 2.13 bits per heavy atom. The van der Waals surface area contributed by atoms with E-state index in [1.807, 2.05) is 0 Å². The summed E-state index contributed by atoms with van der Waals surface area (Å²) < 4.78 is 0. The highest BCUT2D eigenvalue weighted by molar-refractivity contribution is 5.64. The van der Waals surface area contributed by atoms with Gasteiger partial charge in [-0.05, 0) is 36.1 Å². The van der Waals surface area contributed by atoms with E-state index >= 15 is 0 Å². The molecule has 2 rings (SSSR count). The number of hydrogen-bond donors (Lipinski definition) is 3. The number of amides is 1. The number of carboxylic acid groups (broad SMARTS) is 1. The lowest BCUT2D eigenvalue weighted by molar-refractivity contribution is 0.184.